The van der Waals surface area contributed by atoms with Gasteiger partial charge >= 0.3 is 6.03 Å². The number of urea groups is 1. The summed E-state index contributed by atoms with van der Waals surface area (Å²) in [5.41, 5.74) is 8.50. The van der Waals surface area contributed by atoms with Crippen LogP contribution in [0.25, 0.3) is 0 Å². The molecule has 0 aromatic rings. The van der Waals surface area contributed by atoms with Crippen LogP contribution in [-0.2, 0) is 4.79 Å². The van der Waals surface area contributed by atoms with E-state index in [-0.39, 0.29) is 0 Å². The first-order chi connectivity index (χ1) is 4.65. The number of aliphatic hydroxyl groups excluding tert-OH is 2. The van der Waals surface area contributed by atoms with Crippen LogP contribution in [0.4, 0.5) is 4.79 Å². The number of amides is 2. The van der Waals surface area contributed by atoms with Gasteiger partial charge in [0.1, 0.15) is 19.3 Å². The number of carbonyl (C=O) groups excluding carboxylic acids is 2. The standard InChI is InChI=1S/C2H4O2.CH4N2O.CH2O/c3-1-2-4;2-1(3)4;1-2/h1-4H;(H4,2,3,4);1H2. The highest BCUT2D eigenvalue weighted by Crippen LogP contribution is 1.44. The minimum atomic E-state index is -0.833. The van der Waals surface area contributed by atoms with E-state index in [1.807, 2.05) is 6.79 Å². The fraction of sp³-hybridized carbons (Fsp3) is 0. The second-order valence-corrected chi connectivity index (χ2v) is 0.701. The van der Waals surface area contributed by atoms with Crippen LogP contribution < -0.4 is 11.5 Å². The minimum Gasteiger partial charge on any atom is -0.512 e. The molecule has 0 atom stereocenters. The number of carbonyl (C=O) groups is 2. The van der Waals surface area contributed by atoms with E-state index in [4.69, 9.17) is 19.8 Å². The zero-order valence-corrected chi connectivity index (χ0v) is 5.23. The van der Waals surface area contributed by atoms with Crippen molar-refractivity contribution in [3.63, 3.8) is 0 Å². The molecule has 0 aliphatic carbocycles. The molecule has 6 N–H and O–H groups in total. The molecule has 0 spiro atoms. The molecule has 0 aliphatic rings. The Bertz CT molecular complexity index is 85.3. The van der Waals surface area contributed by atoms with Crippen LogP contribution in [-0.4, -0.2) is 23.0 Å². The smallest absolute Gasteiger partial charge is 0.309 e. The number of hydrogen-bond donors (Lipinski definition) is 4. The van der Waals surface area contributed by atoms with Crippen LogP contribution in [0.1, 0.15) is 0 Å². The average molecular weight is 150 g/mol. The first kappa shape index (κ1) is 15.7. The third-order valence-electron chi connectivity index (χ3n) is 0.0667. The molecule has 0 saturated heterocycles. The number of rotatable bonds is 0. The summed E-state index contributed by atoms with van der Waals surface area (Å²) >= 11 is 0. The lowest BCUT2D eigenvalue weighted by Gasteiger charge is -1.62. The molecule has 0 heterocycles. The Morgan fingerprint density at radius 1 is 1.20 bits per heavy atom. The Morgan fingerprint density at radius 3 is 1.30 bits per heavy atom. The van der Waals surface area contributed by atoms with Crippen molar-refractivity contribution in [2.75, 3.05) is 0 Å². The predicted octanol–water partition coefficient (Wildman–Crippen LogP) is -0.587. The van der Waals surface area contributed by atoms with E-state index in [1.165, 1.54) is 0 Å². The zero-order valence-electron chi connectivity index (χ0n) is 5.23. The Kier molecular flexibility index (Phi) is 42.0. The molecular formula is C4H10N2O4. The van der Waals surface area contributed by atoms with Crippen LogP contribution in [0.5, 0.6) is 0 Å². The number of nitrogens with two attached hydrogens (primary N) is 2. The summed E-state index contributed by atoms with van der Waals surface area (Å²) in [6.45, 7) is 2.00. The quantitative estimate of drug-likeness (QED) is 0.344. The van der Waals surface area contributed by atoms with Crippen molar-refractivity contribution in [3.05, 3.63) is 12.5 Å². The summed E-state index contributed by atoms with van der Waals surface area (Å²) in [5.74, 6) is 0. The lowest BCUT2D eigenvalue weighted by molar-refractivity contribution is -0.0979. The summed E-state index contributed by atoms with van der Waals surface area (Å²) in [7, 11) is 0. The molecule has 0 fully saturated rings. The van der Waals surface area contributed by atoms with Crippen LogP contribution >= 0.6 is 0 Å². The zero-order chi connectivity index (χ0) is 8.99. The van der Waals surface area contributed by atoms with Crippen LogP contribution in [0.2, 0.25) is 0 Å². The average Bonchev–Trinajstić information content (AvgIpc) is 1.91. The van der Waals surface area contributed by atoms with E-state index >= 15 is 0 Å². The van der Waals surface area contributed by atoms with E-state index in [0.29, 0.717) is 12.5 Å². The third-order valence-corrected chi connectivity index (χ3v) is 0.0667. The van der Waals surface area contributed by atoms with Gasteiger partial charge in [-0.05, 0) is 0 Å². The maximum atomic E-state index is 9.00. The van der Waals surface area contributed by atoms with E-state index in [0.717, 1.165) is 0 Å². The SMILES string of the molecule is C=O.NC(N)=O.OC=CO. The molecule has 0 rings (SSSR count). The molecule has 0 aliphatic heterocycles. The normalized spacial score (nSPS) is 6.40. The Hall–Kier alpha value is -1.72. The fourth-order valence-electron chi connectivity index (χ4n) is 0. The second-order valence-electron chi connectivity index (χ2n) is 0.701. The van der Waals surface area contributed by atoms with Crippen molar-refractivity contribution in [1.29, 1.82) is 0 Å². The molecule has 0 aromatic heterocycles. The largest absolute Gasteiger partial charge is 0.512 e. The highest BCUT2D eigenvalue weighted by Gasteiger charge is 1.60. The molecular weight excluding hydrogens is 140 g/mol. The first-order valence-electron chi connectivity index (χ1n) is 1.92. The van der Waals surface area contributed by atoms with E-state index in [1.54, 1.807) is 0 Å². The maximum absolute atomic E-state index is 9.00. The van der Waals surface area contributed by atoms with Crippen molar-refractivity contribution in [3.8, 4) is 0 Å². The molecule has 60 valence electrons. The first-order valence-corrected chi connectivity index (χ1v) is 1.92. The monoisotopic (exact) mass is 150 g/mol. The second kappa shape index (κ2) is 26.7. The van der Waals surface area contributed by atoms with Gasteiger partial charge in [-0.2, -0.15) is 0 Å². The maximum Gasteiger partial charge on any atom is 0.309 e. The van der Waals surface area contributed by atoms with E-state index in [9.17, 15) is 0 Å². The lowest BCUT2D eigenvalue weighted by Crippen LogP contribution is -2.18. The number of primary amides is 2. The van der Waals surface area contributed by atoms with Gasteiger partial charge in [-0.25, -0.2) is 4.79 Å². The summed E-state index contributed by atoms with van der Waals surface area (Å²) < 4.78 is 0. The number of aliphatic hydroxyl groups is 2. The van der Waals surface area contributed by atoms with E-state index in [2.05, 4.69) is 11.5 Å². The summed E-state index contributed by atoms with van der Waals surface area (Å²) in [4.78, 5) is 17.0. The topological polar surface area (TPSA) is 127 Å². The van der Waals surface area contributed by atoms with Gasteiger partial charge in [0.15, 0.2) is 0 Å². The van der Waals surface area contributed by atoms with Gasteiger partial charge in [0.2, 0.25) is 0 Å². The molecule has 0 radical (unpaired) electrons. The van der Waals surface area contributed by atoms with E-state index < -0.39 is 6.03 Å². The minimum absolute atomic E-state index is 0.556. The van der Waals surface area contributed by atoms with Gasteiger partial charge in [0, 0.05) is 0 Å². The van der Waals surface area contributed by atoms with Gasteiger partial charge in [0.25, 0.3) is 0 Å². The Morgan fingerprint density at radius 2 is 1.30 bits per heavy atom. The van der Waals surface area contributed by atoms with Crippen LogP contribution in [0, 0.1) is 0 Å². The molecule has 6 nitrogen and oxygen atoms in total. The van der Waals surface area contributed by atoms with Crippen molar-refractivity contribution in [2.24, 2.45) is 11.5 Å². The molecule has 2 amide bonds. The van der Waals surface area contributed by atoms with Gasteiger partial charge in [-0.1, -0.05) is 0 Å². The van der Waals surface area contributed by atoms with Crippen LogP contribution in [0.15, 0.2) is 12.5 Å². The highest BCUT2D eigenvalue weighted by molar-refractivity contribution is 5.69. The molecule has 10 heavy (non-hydrogen) atoms. The number of hydrogen-bond acceptors (Lipinski definition) is 4. The Balaban J connectivity index is -0.0000000787. The van der Waals surface area contributed by atoms with Crippen LogP contribution in [0.3, 0.4) is 0 Å². The highest BCUT2D eigenvalue weighted by atomic mass is 16.3. The van der Waals surface area contributed by atoms with Crippen molar-refractivity contribution in [1.82, 2.24) is 0 Å². The predicted molar refractivity (Wildman–Crippen MR) is 35.3 cm³/mol. The van der Waals surface area contributed by atoms with Crippen molar-refractivity contribution < 1.29 is 19.8 Å². The molecule has 0 saturated carbocycles. The summed E-state index contributed by atoms with van der Waals surface area (Å²) in [5, 5.41) is 14.9. The van der Waals surface area contributed by atoms with Gasteiger partial charge in [0.05, 0.1) is 0 Å². The van der Waals surface area contributed by atoms with Gasteiger partial charge in [-0.15, -0.1) is 0 Å². The lowest BCUT2D eigenvalue weighted by atomic mass is 11.1. The Labute approximate surface area is 57.7 Å². The molecule has 0 unspecified atom stereocenters. The fourth-order valence-corrected chi connectivity index (χ4v) is 0. The molecule has 6 heteroatoms. The van der Waals surface area contributed by atoms with Gasteiger partial charge in [-0.3, -0.25) is 0 Å². The summed E-state index contributed by atoms with van der Waals surface area (Å²) in [6, 6.07) is -0.833. The van der Waals surface area contributed by atoms with Crippen molar-refractivity contribution >= 4 is 12.8 Å². The third kappa shape index (κ3) is 338. The van der Waals surface area contributed by atoms with Crippen molar-refractivity contribution in [2.45, 2.75) is 0 Å². The molecule has 0 bridgehead atoms. The molecule has 0 aromatic carbocycles. The van der Waals surface area contributed by atoms with Gasteiger partial charge < -0.3 is 26.5 Å². The summed E-state index contributed by atoms with van der Waals surface area (Å²) in [6.07, 6.45) is 1.11.